The van der Waals surface area contributed by atoms with E-state index < -0.39 is 0 Å². The van der Waals surface area contributed by atoms with E-state index in [-0.39, 0.29) is 0 Å². The maximum atomic E-state index is 6.23. The first kappa shape index (κ1) is 12.4. The summed E-state index contributed by atoms with van der Waals surface area (Å²) in [6.07, 6.45) is 11.0. The van der Waals surface area contributed by atoms with Gasteiger partial charge in [-0.2, -0.15) is 0 Å². The van der Waals surface area contributed by atoms with E-state index in [2.05, 4.69) is 29.5 Å². The largest absolute Gasteiger partial charge is 0.378 e. The van der Waals surface area contributed by atoms with Crippen LogP contribution in [-0.4, -0.2) is 17.1 Å². The van der Waals surface area contributed by atoms with Gasteiger partial charge >= 0.3 is 0 Å². The van der Waals surface area contributed by atoms with Gasteiger partial charge in [0.05, 0.1) is 12.7 Å². The zero-order valence-electron chi connectivity index (χ0n) is 11.5. The molecule has 0 aromatic carbocycles. The minimum atomic E-state index is 0.474. The van der Waals surface area contributed by atoms with Crippen LogP contribution in [0.15, 0.2) is 0 Å². The highest BCUT2D eigenvalue weighted by Crippen LogP contribution is 2.78. The Bertz CT molecular complexity index is 353. The quantitative estimate of drug-likeness (QED) is 0.521. The molecule has 102 valence electrons. The summed E-state index contributed by atoms with van der Waals surface area (Å²) in [7, 11) is 0. The molecule has 4 rings (SSSR count). The van der Waals surface area contributed by atoms with Crippen molar-refractivity contribution in [1.29, 1.82) is 0 Å². The third-order valence-electron chi connectivity index (χ3n) is 6.78. The van der Waals surface area contributed by atoms with Crippen LogP contribution < -0.4 is 0 Å². The van der Waals surface area contributed by atoms with Gasteiger partial charge in [-0.1, -0.05) is 22.6 Å². The normalized spacial score (nSPS) is 53.3. The van der Waals surface area contributed by atoms with Gasteiger partial charge in [0.15, 0.2) is 0 Å². The van der Waals surface area contributed by atoms with Gasteiger partial charge in [-0.15, -0.1) is 0 Å². The van der Waals surface area contributed by atoms with Gasteiger partial charge in [0.2, 0.25) is 0 Å². The molecule has 6 unspecified atom stereocenters. The molecule has 0 aromatic heterocycles. The first-order valence-electron chi connectivity index (χ1n) is 7.83. The molecule has 0 saturated heterocycles. The molecule has 18 heavy (non-hydrogen) atoms. The molecule has 0 aromatic rings. The number of halogens is 1. The van der Waals surface area contributed by atoms with Crippen molar-refractivity contribution < 1.29 is 4.74 Å². The zero-order valence-corrected chi connectivity index (χ0v) is 13.6. The average molecular weight is 360 g/mol. The lowest BCUT2D eigenvalue weighted by molar-refractivity contribution is -0.0310. The van der Waals surface area contributed by atoms with Gasteiger partial charge < -0.3 is 4.74 Å². The van der Waals surface area contributed by atoms with Crippen LogP contribution >= 0.6 is 22.6 Å². The molecule has 3 bridgehead atoms. The van der Waals surface area contributed by atoms with Crippen LogP contribution in [0.25, 0.3) is 0 Å². The maximum absolute atomic E-state index is 6.23. The van der Waals surface area contributed by atoms with E-state index in [1.54, 1.807) is 19.3 Å². The lowest BCUT2D eigenvalue weighted by atomic mass is 9.55. The molecule has 6 atom stereocenters. The summed E-state index contributed by atoms with van der Waals surface area (Å²) in [5.74, 6) is 3.29. The number of fused-ring (bicyclic) bond motifs is 2. The van der Waals surface area contributed by atoms with Gasteiger partial charge in [-0.25, -0.2) is 0 Å². The summed E-state index contributed by atoms with van der Waals surface area (Å²) < 4.78 is 7.45. The van der Waals surface area contributed by atoms with Gasteiger partial charge in [0.25, 0.3) is 0 Å². The van der Waals surface area contributed by atoms with Crippen molar-refractivity contribution in [2.24, 2.45) is 28.6 Å². The fraction of sp³-hybridized carbons (Fsp3) is 1.00. The van der Waals surface area contributed by atoms with E-state index in [9.17, 15) is 0 Å². The van der Waals surface area contributed by atoms with Crippen LogP contribution in [0.4, 0.5) is 0 Å². The molecule has 2 heteroatoms. The Balaban J connectivity index is 1.46. The number of hydrogen-bond donors (Lipinski definition) is 0. The van der Waals surface area contributed by atoms with Crippen molar-refractivity contribution in [3.63, 3.8) is 0 Å². The topological polar surface area (TPSA) is 9.23 Å². The molecule has 4 aliphatic rings. The van der Waals surface area contributed by atoms with Crippen LogP contribution in [0.2, 0.25) is 0 Å². The van der Waals surface area contributed by atoms with E-state index in [0.29, 0.717) is 11.5 Å². The van der Waals surface area contributed by atoms with Crippen molar-refractivity contribution in [1.82, 2.24) is 0 Å². The minimum absolute atomic E-state index is 0.474. The van der Waals surface area contributed by atoms with Crippen LogP contribution in [0, 0.1) is 28.6 Å². The Morgan fingerprint density at radius 2 is 2.11 bits per heavy atom. The summed E-state index contributed by atoms with van der Waals surface area (Å²) >= 11 is 2.46. The Morgan fingerprint density at radius 3 is 2.94 bits per heavy atom. The number of rotatable bonds is 5. The fourth-order valence-corrected chi connectivity index (χ4v) is 7.14. The van der Waals surface area contributed by atoms with Crippen molar-refractivity contribution in [2.45, 2.75) is 58.0 Å². The van der Waals surface area contributed by atoms with Crippen molar-refractivity contribution in [3.8, 4) is 0 Å². The molecule has 4 saturated carbocycles. The highest BCUT2D eigenvalue weighted by molar-refractivity contribution is 14.1. The molecular formula is C16H25IO. The average Bonchev–Trinajstić information content (AvgIpc) is 2.64. The molecule has 0 amide bonds. The lowest BCUT2D eigenvalue weighted by Gasteiger charge is -2.49. The van der Waals surface area contributed by atoms with Gasteiger partial charge in [0.1, 0.15) is 0 Å². The molecule has 4 aliphatic carbocycles. The van der Waals surface area contributed by atoms with Crippen LogP contribution in [0.1, 0.15) is 51.9 Å². The van der Waals surface area contributed by atoms with Crippen molar-refractivity contribution in [2.75, 3.05) is 11.0 Å². The van der Waals surface area contributed by atoms with E-state index in [1.165, 1.54) is 30.1 Å². The summed E-state index contributed by atoms with van der Waals surface area (Å²) in [4.78, 5) is 0. The number of ether oxygens (including phenoxy) is 1. The van der Waals surface area contributed by atoms with Crippen molar-refractivity contribution >= 4 is 22.6 Å². The zero-order chi connectivity index (χ0) is 12.4. The molecule has 0 aliphatic heterocycles. The Hall–Kier alpha value is 0.690. The van der Waals surface area contributed by atoms with Gasteiger partial charge in [-0.05, 0) is 80.5 Å². The lowest BCUT2D eigenvalue weighted by Crippen LogP contribution is -2.42. The van der Waals surface area contributed by atoms with Crippen LogP contribution in [0.3, 0.4) is 0 Å². The third-order valence-corrected chi connectivity index (χ3v) is 7.40. The molecule has 1 spiro atoms. The predicted molar refractivity (Wildman–Crippen MR) is 82.0 cm³/mol. The summed E-state index contributed by atoms with van der Waals surface area (Å²) in [5, 5.41) is 0. The van der Waals surface area contributed by atoms with E-state index in [0.717, 1.165) is 29.8 Å². The molecule has 1 nitrogen and oxygen atoms in total. The Labute approximate surface area is 125 Å². The fourth-order valence-electron chi connectivity index (χ4n) is 6.26. The summed E-state index contributed by atoms with van der Waals surface area (Å²) in [5.41, 5.74) is 1.44. The summed E-state index contributed by atoms with van der Waals surface area (Å²) in [6, 6.07) is 0. The highest BCUT2D eigenvalue weighted by atomic mass is 127. The Morgan fingerprint density at radius 1 is 1.22 bits per heavy atom. The standard InChI is InChI=1S/C16H25IO/c1-11(2-3-17)18-10-15-6-12-4-13-5-14(8-15)16(13,7-12)9-15/h11-14H,2-10H2,1H3. The molecule has 4 fully saturated rings. The highest BCUT2D eigenvalue weighted by Gasteiger charge is 2.70. The SMILES string of the molecule is CC(CCI)OCC12CC3CC4CC(C1)C4(C3)C2. The van der Waals surface area contributed by atoms with Crippen molar-refractivity contribution in [3.05, 3.63) is 0 Å². The monoisotopic (exact) mass is 360 g/mol. The minimum Gasteiger partial charge on any atom is -0.378 e. The molecule has 0 radical (unpaired) electrons. The molecular weight excluding hydrogens is 335 g/mol. The molecule has 0 heterocycles. The second-order valence-corrected chi connectivity index (χ2v) is 8.93. The van der Waals surface area contributed by atoms with E-state index >= 15 is 0 Å². The van der Waals surface area contributed by atoms with Gasteiger partial charge in [0, 0.05) is 4.43 Å². The first-order valence-corrected chi connectivity index (χ1v) is 9.36. The van der Waals surface area contributed by atoms with Crippen LogP contribution in [-0.2, 0) is 4.74 Å². The Kier molecular flexibility index (Phi) is 2.83. The smallest absolute Gasteiger partial charge is 0.0554 e. The van der Waals surface area contributed by atoms with E-state index in [4.69, 9.17) is 4.74 Å². The van der Waals surface area contributed by atoms with Crippen LogP contribution in [0.5, 0.6) is 0 Å². The number of hydrogen-bond acceptors (Lipinski definition) is 1. The second kappa shape index (κ2) is 4.09. The van der Waals surface area contributed by atoms with Gasteiger partial charge in [-0.3, -0.25) is 0 Å². The summed E-state index contributed by atoms with van der Waals surface area (Å²) in [6.45, 7) is 3.34. The van der Waals surface area contributed by atoms with E-state index in [1.807, 2.05) is 0 Å². The second-order valence-electron chi connectivity index (χ2n) is 7.85. The third kappa shape index (κ3) is 1.60. The first-order chi connectivity index (χ1) is 8.66. The maximum Gasteiger partial charge on any atom is 0.0554 e. The predicted octanol–water partition coefficient (Wildman–Crippen LogP) is 4.43. The molecule has 0 N–H and O–H groups in total. The number of alkyl halides is 1.